The standard InChI is InChI=1S/C13H14F3N3O3/c1-6(2)18-7(3)17-9-5-8(13(14,15)16)12(22-4)11(10(9)18)19(20)21/h5-6H,1-4H3. The van der Waals surface area contributed by atoms with Crippen LogP contribution in [0.15, 0.2) is 6.07 Å². The van der Waals surface area contributed by atoms with Crippen molar-refractivity contribution in [3.05, 3.63) is 27.6 Å². The minimum atomic E-state index is -4.78. The molecule has 2 rings (SSSR count). The van der Waals surface area contributed by atoms with Crippen LogP contribution in [0.3, 0.4) is 0 Å². The topological polar surface area (TPSA) is 70.2 Å². The van der Waals surface area contributed by atoms with Gasteiger partial charge in [0.25, 0.3) is 0 Å². The van der Waals surface area contributed by atoms with Gasteiger partial charge >= 0.3 is 11.9 Å². The minimum absolute atomic E-state index is 0.0300. The number of methoxy groups -OCH3 is 1. The number of nitro groups is 1. The van der Waals surface area contributed by atoms with Crippen molar-refractivity contribution in [2.75, 3.05) is 7.11 Å². The summed E-state index contributed by atoms with van der Waals surface area (Å²) in [6.07, 6.45) is -4.78. The Kier molecular flexibility index (Phi) is 3.76. The predicted octanol–water partition coefficient (Wildman–Crippen LogP) is 3.86. The number of hydrogen-bond donors (Lipinski definition) is 0. The molecule has 0 saturated carbocycles. The fourth-order valence-corrected chi connectivity index (χ4v) is 2.56. The van der Waals surface area contributed by atoms with Crippen LogP contribution in [0, 0.1) is 17.0 Å². The maximum atomic E-state index is 13.1. The molecule has 0 aliphatic carbocycles. The number of hydrogen-bond acceptors (Lipinski definition) is 4. The SMILES string of the molecule is COc1c(C(F)(F)F)cc2nc(C)n(C(C)C)c2c1[N+](=O)[O-]. The van der Waals surface area contributed by atoms with Crippen molar-refractivity contribution in [1.29, 1.82) is 0 Å². The number of aryl methyl sites for hydroxylation is 1. The summed E-state index contributed by atoms with van der Waals surface area (Å²) in [6.45, 7) is 5.12. The molecule has 120 valence electrons. The van der Waals surface area contributed by atoms with Gasteiger partial charge in [0, 0.05) is 6.04 Å². The Morgan fingerprint density at radius 3 is 2.41 bits per heavy atom. The molecule has 6 nitrogen and oxygen atoms in total. The number of nitro benzene ring substituents is 1. The summed E-state index contributed by atoms with van der Waals surface area (Å²) in [5.74, 6) is -0.402. The van der Waals surface area contributed by atoms with Crippen molar-refractivity contribution in [3.63, 3.8) is 0 Å². The lowest BCUT2D eigenvalue weighted by Gasteiger charge is -2.15. The molecule has 0 aliphatic rings. The van der Waals surface area contributed by atoms with Crippen molar-refractivity contribution >= 4 is 16.7 Å². The summed E-state index contributed by atoms with van der Waals surface area (Å²) in [6, 6.07) is 0.581. The third-order valence-corrected chi connectivity index (χ3v) is 3.29. The van der Waals surface area contributed by atoms with Crippen LogP contribution in [0.5, 0.6) is 5.75 Å². The summed E-state index contributed by atoms with van der Waals surface area (Å²) >= 11 is 0. The van der Waals surface area contributed by atoms with Gasteiger partial charge < -0.3 is 9.30 Å². The van der Waals surface area contributed by atoms with Crippen LogP contribution < -0.4 is 4.74 Å². The molecule has 2 aromatic rings. The summed E-state index contributed by atoms with van der Waals surface area (Å²) < 4.78 is 45.6. The Bertz CT molecular complexity index is 751. The highest BCUT2D eigenvalue weighted by atomic mass is 19.4. The number of benzene rings is 1. The van der Waals surface area contributed by atoms with E-state index in [4.69, 9.17) is 4.74 Å². The second-order valence-corrected chi connectivity index (χ2v) is 5.05. The molecule has 0 radical (unpaired) electrons. The van der Waals surface area contributed by atoms with Gasteiger partial charge in [-0.2, -0.15) is 13.2 Å². The van der Waals surface area contributed by atoms with E-state index < -0.39 is 28.1 Å². The van der Waals surface area contributed by atoms with Crippen molar-refractivity contribution in [2.24, 2.45) is 0 Å². The van der Waals surface area contributed by atoms with Crippen LogP contribution in [-0.4, -0.2) is 21.6 Å². The van der Waals surface area contributed by atoms with Gasteiger partial charge in [-0.3, -0.25) is 10.1 Å². The molecule has 9 heteroatoms. The van der Waals surface area contributed by atoms with E-state index in [0.717, 1.165) is 13.2 Å². The molecule has 0 atom stereocenters. The van der Waals surface area contributed by atoms with Crippen LogP contribution in [0.4, 0.5) is 18.9 Å². The van der Waals surface area contributed by atoms with Gasteiger partial charge in [0.1, 0.15) is 11.4 Å². The number of aromatic nitrogens is 2. The lowest BCUT2D eigenvalue weighted by atomic mass is 10.1. The van der Waals surface area contributed by atoms with Crippen LogP contribution >= 0.6 is 0 Å². The van der Waals surface area contributed by atoms with E-state index in [-0.39, 0.29) is 17.1 Å². The molecule has 0 aliphatic heterocycles. The zero-order valence-corrected chi connectivity index (χ0v) is 12.4. The van der Waals surface area contributed by atoms with Crippen LogP contribution in [0.1, 0.15) is 31.3 Å². The molecule has 0 N–H and O–H groups in total. The molecule has 1 aromatic carbocycles. The molecular formula is C13H14F3N3O3. The first-order valence-electron chi connectivity index (χ1n) is 6.40. The monoisotopic (exact) mass is 317 g/mol. The number of nitrogens with zero attached hydrogens (tertiary/aromatic N) is 3. The Balaban J connectivity index is 3.05. The Hall–Kier alpha value is -2.32. The molecule has 0 unspecified atom stereocenters. The highest BCUT2D eigenvalue weighted by Gasteiger charge is 2.41. The van der Waals surface area contributed by atoms with Gasteiger partial charge in [-0.15, -0.1) is 0 Å². The van der Waals surface area contributed by atoms with Gasteiger partial charge in [-0.1, -0.05) is 0 Å². The zero-order chi connectivity index (χ0) is 16.8. The van der Waals surface area contributed by atoms with E-state index in [0.29, 0.717) is 5.82 Å². The molecule has 0 fully saturated rings. The van der Waals surface area contributed by atoms with Gasteiger partial charge in [0.15, 0.2) is 5.52 Å². The first kappa shape index (κ1) is 16.1. The number of rotatable bonds is 3. The lowest BCUT2D eigenvalue weighted by molar-refractivity contribution is -0.384. The molecule has 0 bridgehead atoms. The average Bonchev–Trinajstić information content (AvgIpc) is 2.70. The normalized spacial score (nSPS) is 12.2. The van der Waals surface area contributed by atoms with E-state index in [2.05, 4.69) is 4.98 Å². The second-order valence-electron chi connectivity index (χ2n) is 5.05. The Morgan fingerprint density at radius 1 is 1.41 bits per heavy atom. The third-order valence-electron chi connectivity index (χ3n) is 3.29. The fraction of sp³-hybridized carbons (Fsp3) is 0.462. The number of ether oxygens (including phenoxy) is 1. The number of fused-ring (bicyclic) bond motifs is 1. The van der Waals surface area contributed by atoms with E-state index in [1.165, 1.54) is 4.57 Å². The fourth-order valence-electron chi connectivity index (χ4n) is 2.56. The predicted molar refractivity (Wildman–Crippen MR) is 73.1 cm³/mol. The highest BCUT2D eigenvalue weighted by Crippen LogP contribution is 2.46. The molecule has 0 spiro atoms. The summed E-state index contributed by atoms with van der Waals surface area (Å²) in [5, 5.41) is 11.4. The highest BCUT2D eigenvalue weighted by molar-refractivity contribution is 5.90. The number of imidazole rings is 1. The van der Waals surface area contributed by atoms with Crippen LogP contribution in [0.2, 0.25) is 0 Å². The van der Waals surface area contributed by atoms with Gasteiger partial charge in [0.2, 0.25) is 5.75 Å². The second kappa shape index (κ2) is 5.15. The summed E-state index contributed by atoms with van der Waals surface area (Å²) in [5.41, 5.74) is -1.97. The molecule has 22 heavy (non-hydrogen) atoms. The average molecular weight is 317 g/mol. The van der Waals surface area contributed by atoms with Crippen LogP contribution in [-0.2, 0) is 6.18 Å². The summed E-state index contributed by atoms with van der Waals surface area (Å²) in [7, 11) is 0.979. The maximum absolute atomic E-state index is 13.1. The quantitative estimate of drug-likeness (QED) is 0.636. The first-order valence-corrected chi connectivity index (χ1v) is 6.40. The van der Waals surface area contributed by atoms with Crippen molar-refractivity contribution in [3.8, 4) is 5.75 Å². The third kappa shape index (κ3) is 2.36. The Morgan fingerprint density at radius 2 is 2.00 bits per heavy atom. The molecule has 0 amide bonds. The van der Waals surface area contributed by atoms with Gasteiger partial charge in [-0.05, 0) is 26.8 Å². The maximum Gasteiger partial charge on any atom is 0.420 e. The van der Waals surface area contributed by atoms with Gasteiger partial charge in [0.05, 0.1) is 17.5 Å². The van der Waals surface area contributed by atoms with E-state index in [1.807, 2.05) is 0 Å². The zero-order valence-electron chi connectivity index (χ0n) is 12.4. The van der Waals surface area contributed by atoms with E-state index in [9.17, 15) is 23.3 Å². The van der Waals surface area contributed by atoms with Crippen molar-refractivity contribution < 1.29 is 22.8 Å². The van der Waals surface area contributed by atoms with Crippen molar-refractivity contribution in [2.45, 2.75) is 33.0 Å². The molecule has 1 heterocycles. The molecular weight excluding hydrogens is 303 g/mol. The summed E-state index contributed by atoms with van der Waals surface area (Å²) in [4.78, 5) is 14.5. The van der Waals surface area contributed by atoms with E-state index in [1.54, 1.807) is 20.8 Å². The number of alkyl halides is 3. The molecule has 1 aromatic heterocycles. The minimum Gasteiger partial charge on any atom is -0.490 e. The number of halogens is 3. The first-order chi connectivity index (χ1) is 10.1. The largest absolute Gasteiger partial charge is 0.490 e. The van der Waals surface area contributed by atoms with E-state index >= 15 is 0 Å². The van der Waals surface area contributed by atoms with Gasteiger partial charge in [-0.25, -0.2) is 4.98 Å². The van der Waals surface area contributed by atoms with Crippen molar-refractivity contribution in [1.82, 2.24) is 9.55 Å². The Labute approximate surface area is 123 Å². The molecule has 0 saturated heterocycles. The smallest absolute Gasteiger partial charge is 0.420 e. The lowest BCUT2D eigenvalue weighted by Crippen LogP contribution is -2.11. The van der Waals surface area contributed by atoms with Crippen LogP contribution in [0.25, 0.3) is 11.0 Å².